The maximum absolute atomic E-state index is 11.8. The molecule has 80 valence electrons. The summed E-state index contributed by atoms with van der Waals surface area (Å²) in [5.41, 5.74) is 0. The minimum absolute atomic E-state index is 0.386. The van der Waals surface area contributed by atoms with Crippen molar-refractivity contribution < 1.29 is 4.79 Å². The zero-order valence-corrected chi connectivity index (χ0v) is 9.46. The van der Waals surface area contributed by atoms with E-state index in [1.54, 1.807) is 0 Å². The predicted octanol–water partition coefficient (Wildman–Crippen LogP) is 3.74. The Labute approximate surface area is 87.6 Å². The number of hydrogen-bond acceptors (Lipinski definition) is 1. The van der Waals surface area contributed by atoms with Gasteiger partial charge in [0.05, 0.1) is 0 Å². The minimum Gasteiger partial charge on any atom is -0.299 e. The number of carbonyl (C=O) groups excluding carboxylic acids is 1. The molecule has 0 bridgehead atoms. The first-order valence-corrected chi connectivity index (χ1v) is 5.89. The van der Waals surface area contributed by atoms with E-state index >= 15 is 0 Å². The van der Waals surface area contributed by atoms with Crippen LogP contribution in [0.1, 0.15) is 52.4 Å². The van der Waals surface area contributed by atoms with Crippen molar-refractivity contribution in [3.63, 3.8) is 0 Å². The Bertz CT molecular complexity index is 199. The highest BCUT2D eigenvalue weighted by molar-refractivity contribution is 5.81. The lowest BCUT2D eigenvalue weighted by molar-refractivity contribution is -0.124. The molecule has 0 spiro atoms. The zero-order valence-electron chi connectivity index (χ0n) is 9.46. The summed E-state index contributed by atoms with van der Waals surface area (Å²) in [4.78, 5) is 11.8. The van der Waals surface area contributed by atoms with Crippen molar-refractivity contribution in [1.82, 2.24) is 0 Å². The largest absolute Gasteiger partial charge is 0.299 e. The van der Waals surface area contributed by atoms with Crippen molar-refractivity contribution >= 4 is 5.78 Å². The van der Waals surface area contributed by atoms with Crippen molar-refractivity contribution in [1.29, 1.82) is 0 Å². The molecule has 1 atom stereocenters. The highest BCUT2D eigenvalue weighted by Gasteiger charge is 2.21. The summed E-state index contributed by atoms with van der Waals surface area (Å²) in [6.45, 7) is 4.14. The van der Waals surface area contributed by atoms with E-state index in [1.165, 1.54) is 19.3 Å². The molecule has 1 aliphatic rings. The summed E-state index contributed by atoms with van der Waals surface area (Å²) in [6.07, 6.45) is 11.0. The number of ketones is 1. The van der Waals surface area contributed by atoms with Gasteiger partial charge in [-0.25, -0.2) is 0 Å². The zero-order chi connectivity index (χ0) is 10.4. The van der Waals surface area contributed by atoms with Gasteiger partial charge >= 0.3 is 0 Å². The lowest BCUT2D eigenvalue weighted by Gasteiger charge is -2.21. The summed E-state index contributed by atoms with van der Waals surface area (Å²) in [6, 6.07) is 0. The molecule has 1 rings (SSSR count). The molecule has 1 unspecified atom stereocenters. The van der Waals surface area contributed by atoms with E-state index in [4.69, 9.17) is 0 Å². The van der Waals surface area contributed by atoms with E-state index in [2.05, 4.69) is 13.0 Å². The van der Waals surface area contributed by atoms with Gasteiger partial charge in [0.25, 0.3) is 0 Å². The van der Waals surface area contributed by atoms with Crippen molar-refractivity contribution in [3.05, 3.63) is 12.2 Å². The molecule has 0 aromatic heterocycles. The number of hydrogen-bond donors (Lipinski definition) is 0. The second-order valence-electron chi connectivity index (χ2n) is 4.51. The first-order chi connectivity index (χ1) is 6.74. The summed E-state index contributed by atoms with van der Waals surface area (Å²) in [7, 11) is 0. The number of carbonyl (C=O) groups is 1. The van der Waals surface area contributed by atoms with Gasteiger partial charge in [0.15, 0.2) is 0 Å². The molecule has 1 saturated carbocycles. The Morgan fingerprint density at radius 3 is 2.57 bits per heavy atom. The quantitative estimate of drug-likeness (QED) is 0.623. The molecule has 1 heteroatoms. The summed E-state index contributed by atoms with van der Waals surface area (Å²) in [5, 5.41) is 0. The molecule has 0 saturated heterocycles. The van der Waals surface area contributed by atoms with E-state index in [0.29, 0.717) is 17.6 Å². The highest BCUT2D eigenvalue weighted by atomic mass is 16.1. The average molecular weight is 194 g/mol. The Hall–Kier alpha value is -0.590. The van der Waals surface area contributed by atoms with Crippen LogP contribution in [-0.4, -0.2) is 5.78 Å². The van der Waals surface area contributed by atoms with Crippen LogP contribution in [0.25, 0.3) is 0 Å². The molecular weight excluding hydrogens is 172 g/mol. The third kappa shape index (κ3) is 3.65. The van der Waals surface area contributed by atoms with Crippen LogP contribution in [0.5, 0.6) is 0 Å². The Morgan fingerprint density at radius 1 is 1.36 bits per heavy atom. The van der Waals surface area contributed by atoms with Crippen LogP contribution in [0.2, 0.25) is 0 Å². The van der Waals surface area contributed by atoms with Crippen LogP contribution in [-0.2, 0) is 4.79 Å². The van der Waals surface area contributed by atoms with Crippen LogP contribution in [0, 0.1) is 11.8 Å². The van der Waals surface area contributed by atoms with Gasteiger partial charge in [0.1, 0.15) is 5.78 Å². The molecule has 1 fully saturated rings. The fourth-order valence-electron chi connectivity index (χ4n) is 2.31. The maximum atomic E-state index is 11.8. The predicted molar refractivity (Wildman–Crippen MR) is 60.2 cm³/mol. The Kier molecular flexibility index (Phi) is 4.92. The first-order valence-electron chi connectivity index (χ1n) is 5.89. The molecule has 0 aromatic carbocycles. The van der Waals surface area contributed by atoms with Crippen molar-refractivity contribution in [2.75, 3.05) is 0 Å². The summed E-state index contributed by atoms with van der Waals surface area (Å²) < 4.78 is 0. The molecule has 0 N–H and O–H groups in total. The monoisotopic (exact) mass is 194 g/mol. The molecule has 0 radical (unpaired) electrons. The molecule has 1 aliphatic carbocycles. The van der Waals surface area contributed by atoms with Crippen LogP contribution in [0.3, 0.4) is 0 Å². The number of Topliss-reactive ketones (excluding diaryl/α,β-unsaturated/α-hetero) is 1. The fraction of sp³-hybridized carbons (Fsp3) is 0.769. The lowest BCUT2D eigenvalue weighted by atomic mass is 9.83. The van der Waals surface area contributed by atoms with Crippen LogP contribution >= 0.6 is 0 Å². The highest BCUT2D eigenvalue weighted by Crippen LogP contribution is 2.26. The van der Waals surface area contributed by atoms with Crippen molar-refractivity contribution in [2.24, 2.45) is 11.8 Å². The number of allylic oxidation sites excluding steroid dienone is 2. The van der Waals surface area contributed by atoms with Crippen molar-refractivity contribution in [3.8, 4) is 0 Å². The normalized spacial score (nSPS) is 21.3. The van der Waals surface area contributed by atoms with E-state index in [9.17, 15) is 4.79 Å². The van der Waals surface area contributed by atoms with E-state index in [0.717, 1.165) is 19.3 Å². The van der Waals surface area contributed by atoms with Gasteiger partial charge in [-0.15, -0.1) is 0 Å². The van der Waals surface area contributed by atoms with Gasteiger partial charge in [-0.3, -0.25) is 4.79 Å². The average Bonchev–Trinajstić information content (AvgIpc) is 2.19. The Balaban J connectivity index is 2.32. The maximum Gasteiger partial charge on any atom is 0.136 e. The van der Waals surface area contributed by atoms with Gasteiger partial charge in [-0.1, -0.05) is 38.3 Å². The third-order valence-corrected chi connectivity index (χ3v) is 3.10. The molecule has 14 heavy (non-hydrogen) atoms. The third-order valence-electron chi connectivity index (χ3n) is 3.10. The molecule has 0 heterocycles. The van der Waals surface area contributed by atoms with Crippen LogP contribution in [0.15, 0.2) is 12.2 Å². The molecule has 0 aliphatic heterocycles. The number of rotatable bonds is 4. The van der Waals surface area contributed by atoms with Gasteiger partial charge in [0.2, 0.25) is 0 Å². The summed E-state index contributed by atoms with van der Waals surface area (Å²) >= 11 is 0. The van der Waals surface area contributed by atoms with Gasteiger partial charge in [0, 0.05) is 12.3 Å². The van der Waals surface area contributed by atoms with Crippen LogP contribution in [0.4, 0.5) is 0 Å². The van der Waals surface area contributed by atoms with Gasteiger partial charge in [-0.05, 0) is 25.7 Å². The Morgan fingerprint density at radius 2 is 2.00 bits per heavy atom. The molecular formula is C13H22O. The first kappa shape index (κ1) is 11.5. The summed E-state index contributed by atoms with van der Waals surface area (Å²) in [5.74, 6) is 1.31. The SMILES string of the molecule is CC=CC(C)CC(=O)C1CCCCC1. The molecule has 0 amide bonds. The van der Waals surface area contributed by atoms with Gasteiger partial charge < -0.3 is 0 Å². The van der Waals surface area contributed by atoms with E-state index in [1.807, 2.05) is 13.0 Å². The fourth-order valence-corrected chi connectivity index (χ4v) is 2.31. The van der Waals surface area contributed by atoms with Crippen LogP contribution < -0.4 is 0 Å². The molecule has 0 aromatic rings. The molecule has 1 nitrogen and oxygen atoms in total. The smallest absolute Gasteiger partial charge is 0.136 e. The minimum atomic E-state index is 0.386. The van der Waals surface area contributed by atoms with Gasteiger partial charge in [-0.2, -0.15) is 0 Å². The lowest BCUT2D eigenvalue weighted by Crippen LogP contribution is -2.19. The second-order valence-corrected chi connectivity index (χ2v) is 4.51. The second kappa shape index (κ2) is 6.00. The van der Waals surface area contributed by atoms with E-state index in [-0.39, 0.29) is 0 Å². The van der Waals surface area contributed by atoms with Crippen molar-refractivity contribution in [2.45, 2.75) is 52.4 Å². The standard InChI is InChI=1S/C13H22O/c1-3-7-11(2)10-13(14)12-8-5-4-6-9-12/h3,7,11-12H,4-6,8-10H2,1-2H3. The van der Waals surface area contributed by atoms with E-state index < -0.39 is 0 Å². The topological polar surface area (TPSA) is 17.1 Å².